The standard InChI is InChI=1S/C16H16N4O/c1-2-4-13-12(3-1)5-6-14(18-13)16-19-15(21-20-16)9-11-7-8-17-10-11/h1-6,11,17H,7-10H2. The van der Waals surface area contributed by atoms with Crippen molar-refractivity contribution >= 4 is 10.9 Å². The monoisotopic (exact) mass is 280 g/mol. The van der Waals surface area contributed by atoms with Crippen molar-refractivity contribution in [1.82, 2.24) is 20.4 Å². The van der Waals surface area contributed by atoms with Crippen molar-refractivity contribution in [2.75, 3.05) is 13.1 Å². The molecule has 106 valence electrons. The Morgan fingerprint density at radius 2 is 2.10 bits per heavy atom. The van der Waals surface area contributed by atoms with Crippen LogP contribution in [0, 0.1) is 5.92 Å². The van der Waals surface area contributed by atoms with Crippen LogP contribution < -0.4 is 5.32 Å². The second-order valence-electron chi connectivity index (χ2n) is 5.46. The minimum Gasteiger partial charge on any atom is -0.339 e. The molecule has 1 aliphatic heterocycles. The molecule has 0 radical (unpaired) electrons. The SMILES string of the molecule is c1ccc2nc(-c3noc(CC4CCNC4)n3)ccc2c1. The minimum absolute atomic E-state index is 0.571. The normalized spacial score (nSPS) is 18.4. The predicted molar refractivity (Wildman–Crippen MR) is 79.7 cm³/mol. The molecule has 1 fully saturated rings. The van der Waals surface area contributed by atoms with Crippen LogP contribution in [0.4, 0.5) is 0 Å². The molecular formula is C16H16N4O. The van der Waals surface area contributed by atoms with Crippen LogP contribution in [0.15, 0.2) is 40.9 Å². The fourth-order valence-corrected chi connectivity index (χ4v) is 2.77. The highest BCUT2D eigenvalue weighted by Gasteiger charge is 2.19. The van der Waals surface area contributed by atoms with Crippen molar-refractivity contribution in [2.24, 2.45) is 5.92 Å². The summed E-state index contributed by atoms with van der Waals surface area (Å²) in [5.41, 5.74) is 1.70. The first kappa shape index (κ1) is 12.5. The van der Waals surface area contributed by atoms with E-state index >= 15 is 0 Å². The van der Waals surface area contributed by atoms with E-state index in [0.29, 0.717) is 17.6 Å². The molecule has 5 nitrogen and oxygen atoms in total. The number of rotatable bonds is 3. The Balaban J connectivity index is 1.61. The molecule has 1 atom stereocenters. The number of fused-ring (bicyclic) bond motifs is 1. The molecule has 5 heteroatoms. The Hall–Kier alpha value is -2.27. The van der Waals surface area contributed by atoms with Crippen LogP contribution in [0.5, 0.6) is 0 Å². The van der Waals surface area contributed by atoms with Crippen LogP contribution in [0.3, 0.4) is 0 Å². The van der Waals surface area contributed by atoms with Gasteiger partial charge in [-0.25, -0.2) is 4.98 Å². The van der Waals surface area contributed by atoms with Crippen LogP contribution in [-0.2, 0) is 6.42 Å². The molecule has 1 aliphatic rings. The van der Waals surface area contributed by atoms with E-state index in [1.54, 1.807) is 0 Å². The number of nitrogens with zero attached hydrogens (tertiary/aromatic N) is 3. The van der Waals surface area contributed by atoms with Gasteiger partial charge in [0.1, 0.15) is 5.69 Å². The van der Waals surface area contributed by atoms with Crippen molar-refractivity contribution in [2.45, 2.75) is 12.8 Å². The number of para-hydroxylation sites is 1. The topological polar surface area (TPSA) is 63.8 Å². The lowest BCUT2D eigenvalue weighted by molar-refractivity contribution is 0.358. The highest BCUT2D eigenvalue weighted by Crippen LogP contribution is 2.20. The Kier molecular flexibility index (Phi) is 3.12. The van der Waals surface area contributed by atoms with Crippen molar-refractivity contribution in [3.63, 3.8) is 0 Å². The van der Waals surface area contributed by atoms with Crippen LogP contribution in [-0.4, -0.2) is 28.2 Å². The molecule has 0 aliphatic carbocycles. The van der Waals surface area contributed by atoms with Gasteiger partial charge < -0.3 is 9.84 Å². The van der Waals surface area contributed by atoms with E-state index in [9.17, 15) is 0 Å². The zero-order valence-corrected chi connectivity index (χ0v) is 11.6. The number of nitrogens with one attached hydrogen (secondary N) is 1. The molecule has 21 heavy (non-hydrogen) atoms. The first-order valence-corrected chi connectivity index (χ1v) is 7.28. The molecule has 3 heterocycles. The molecule has 1 saturated heterocycles. The second-order valence-corrected chi connectivity index (χ2v) is 5.46. The lowest BCUT2D eigenvalue weighted by Crippen LogP contribution is -2.10. The molecule has 0 saturated carbocycles. The molecule has 1 aromatic carbocycles. The van der Waals surface area contributed by atoms with E-state index in [1.807, 2.05) is 36.4 Å². The van der Waals surface area contributed by atoms with E-state index in [0.717, 1.165) is 36.1 Å². The fraction of sp³-hybridized carbons (Fsp3) is 0.312. The van der Waals surface area contributed by atoms with Crippen LogP contribution >= 0.6 is 0 Å². The van der Waals surface area contributed by atoms with Gasteiger partial charge in [-0.2, -0.15) is 4.98 Å². The molecule has 3 aromatic rings. The van der Waals surface area contributed by atoms with Gasteiger partial charge in [-0.3, -0.25) is 0 Å². The zero-order chi connectivity index (χ0) is 14.1. The van der Waals surface area contributed by atoms with Crippen molar-refractivity contribution in [3.8, 4) is 11.5 Å². The molecule has 0 amide bonds. The van der Waals surface area contributed by atoms with Gasteiger partial charge in [0.25, 0.3) is 0 Å². The maximum Gasteiger partial charge on any atom is 0.227 e. The van der Waals surface area contributed by atoms with Crippen LogP contribution in [0.1, 0.15) is 12.3 Å². The maximum absolute atomic E-state index is 5.36. The number of pyridine rings is 1. The third-order valence-electron chi connectivity index (χ3n) is 3.92. The number of aromatic nitrogens is 3. The van der Waals surface area contributed by atoms with E-state index in [2.05, 4.69) is 20.4 Å². The average molecular weight is 280 g/mol. The molecule has 0 bridgehead atoms. The molecule has 1 N–H and O–H groups in total. The molecule has 4 rings (SSSR count). The highest BCUT2D eigenvalue weighted by atomic mass is 16.5. The van der Waals surface area contributed by atoms with E-state index in [1.165, 1.54) is 6.42 Å². The van der Waals surface area contributed by atoms with Gasteiger partial charge in [-0.15, -0.1) is 0 Å². The van der Waals surface area contributed by atoms with Crippen molar-refractivity contribution in [1.29, 1.82) is 0 Å². The summed E-state index contributed by atoms with van der Waals surface area (Å²) in [6, 6.07) is 12.0. The number of benzene rings is 1. The first-order valence-electron chi connectivity index (χ1n) is 7.28. The third-order valence-corrected chi connectivity index (χ3v) is 3.92. The first-order chi connectivity index (χ1) is 10.4. The summed E-state index contributed by atoms with van der Waals surface area (Å²) in [6.45, 7) is 2.11. The Morgan fingerprint density at radius 1 is 1.14 bits per heavy atom. The molecular weight excluding hydrogens is 264 g/mol. The predicted octanol–water partition coefficient (Wildman–Crippen LogP) is 2.44. The van der Waals surface area contributed by atoms with Gasteiger partial charge in [0.05, 0.1) is 5.52 Å². The summed E-state index contributed by atoms with van der Waals surface area (Å²) in [5, 5.41) is 8.53. The van der Waals surface area contributed by atoms with E-state index in [-0.39, 0.29) is 0 Å². The van der Waals surface area contributed by atoms with Crippen molar-refractivity contribution in [3.05, 3.63) is 42.3 Å². The Labute approximate surface area is 122 Å². The van der Waals surface area contributed by atoms with E-state index in [4.69, 9.17) is 4.52 Å². The van der Waals surface area contributed by atoms with E-state index < -0.39 is 0 Å². The maximum atomic E-state index is 5.36. The summed E-state index contributed by atoms with van der Waals surface area (Å²) >= 11 is 0. The summed E-state index contributed by atoms with van der Waals surface area (Å²) in [5.74, 6) is 1.87. The molecule has 1 unspecified atom stereocenters. The van der Waals surface area contributed by atoms with Gasteiger partial charge in [0, 0.05) is 11.8 Å². The smallest absolute Gasteiger partial charge is 0.227 e. The van der Waals surface area contributed by atoms with Gasteiger partial charge in [-0.1, -0.05) is 29.4 Å². The second kappa shape index (κ2) is 5.26. The quantitative estimate of drug-likeness (QED) is 0.798. The summed E-state index contributed by atoms with van der Waals surface area (Å²) < 4.78 is 5.36. The van der Waals surface area contributed by atoms with Gasteiger partial charge in [0.2, 0.25) is 11.7 Å². The average Bonchev–Trinajstić information content (AvgIpc) is 3.19. The summed E-state index contributed by atoms with van der Waals surface area (Å²) in [6.07, 6.45) is 2.01. The van der Waals surface area contributed by atoms with Gasteiger partial charge >= 0.3 is 0 Å². The summed E-state index contributed by atoms with van der Waals surface area (Å²) in [4.78, 5) is 9.08. The number of hydrogen-bond donors (Lipinski definition) is 1. The highest BCUT2D eigenvalue weighted by molar-refractivity contribution is 5.80. The largest absolute Gasteiger partial charge is 0.339 e. The molecule has 0 spiro atoms. The lowest BCUT2D eigenvalue weighted by atomic mass is 10.1. The Bertz CT molecular complexity index is 762. The lowest BCUT2D eigenvalue weighted by Gasteiger charge is -2.01. The summed E-state index contributed by atoms with van der Waals surface area (Å²) in [7, 11) is 0. The van der Waals surface area contributed by atoms with Gasteiger partial charge in [-0.05, 0) is 37.6 Å². The van der Waals surface area contributed by atoms with Crippen LogP contribution in [0.25, 0.3) is 22.4 Å². The molecule has 2 aromatic heterocycles. The third kappa shape index (κ3) is 2.52. The van der Waals surface area contributed by atoms with Crippen LogP contribution in [0.2, 0.25) is 0 Å². The van der Waals surface area contributed by atoms with Gasteiger partial charge in [0.15, 0.2) is 0 Å². The Morgan fingerprint density at radius 3 is 3.00 bits per heavy atom. The van der Waals surface area contributed by atoms with Crippen molar-refractivity contribution < 1.29 is 4.52 Å². The fourth-order valence-electron chi connectivity index (χ4n) is 2.77. The minimum atomic E-state index is 0.571. The zero-order valence-electron chi connectivity index (χ0n) is 11.6. The number of hydrogen-bond acceptors (Lipinski definition) is 5.